The van der Waals surface area contributed by atoms with Gasteiger partial charge in [-0.25, -0.2) is 4.98 Å². The molecule has 1 N–H and O–H groups in total. The number of aromatic nitrogens is 1. The number of nitrogens with one attached hydrogen (secondary N) is 1. The van der Waals surface area contributed by atoms with Gasteiger partial charge in [0.05, 0.1) is 21.3 Å². The summed E-state index contributed by atoms with van der Waals surface area (Å²) in [6.45, 7) is 1.92. The number of amides is 1. The van der Waals surface area contributed by atoms with E-state index in [-0.39, 0.29) is 5.91 Å². The summed E-state index contributed by atoms with van der Waals surface area (Å²) in [5, 5.41) is 4.73. The lowest BCUT2D eigenvalue weighted by Gasteiger charge is -2.04. The molecule has 0 aliphatic heterocycles. The summed E-state index contributed by atoms with van der Waals surface area (Å²) in [6.07, 6.45) is 0. The average molecular weight is 398 g/mol. The Morgan fingerprint density at radius 1 is 1.08 bits per heavy atom. The van der Waals surface area contributed by atoms with Crippen molar-refractivity contribution in [2.24, 2.45) is 0 Å². The van der Waals surface area contributed by atoms with Crippen LogP contribution in [0.3, 0.4) is 0 Å². The van der Waals surface area contributed by atoms with Crippen LogP contribution >= 0.6 is 46.1 Å². The highest BCUT2D eigenvalue weighted by atomic mass is 35.5. The fourth-order valence-electron chi connectivity index (χ4n) is 2.19. The number of carbonyl (C=O) groups is 1. The van der Waals surface area contributed by atoms with E-state index in [2.05, 4.69) is 10.3 Å². The van der Waals surface area contributed by atoms with Gasteiger partial charge < -0.3 is 0 Å². The lowest BCUT2D eigenvalue weighted by Crippen LogP contribution is -2.12. The number of halogens is 3. The van der Waals surface area contributed by atoms with Crippen molar-refractivity contribution in [2.75, 3.05) is 5.32 Å². The molecule has 3 nitrogen and oxygen atoms in total. The molecule has 0 spiro atoms. The molecule has 122 valence electrons. The Labute approximate surface area is 158 Å². The molecule has 7 heteroatoms. The lowest BCUT2D eigenvalue weighted by atomic mass is 10.1. The summed E-state index contributed by atoms with van der Waals surface area (Å²) < 4.78 is 0. The molecular formula is C17H11Cl3N2OS. The Bertz CT molecular complexity index is 924. The summed E-state index contributed by atoms with van der Waals surface area (Å²) in [4.78, 5) is 17.8. The molecule has 0 aliphatic carbocycles. The molecule has 24 heavy (non-hydrogen) atoms. The highest BCUT2D eigenvalue weighted by molar-refractivity contribution is 7.16. The molecule has 0 saturated heterocycles. The molecular weight excluding hydrogens is 387 g/mol. The van der Waals surface area contributed by atoms with Gasteiger partial charge in [-0.15, -0.1) is 11.3 Å². The van der Waals surface area contributed by atoms with Crippen LogP contribution in [0, 0.1) is 6.92 Å². The van der Waals surface area contributed by atoms with Crippen LogP contribution in [0.5, 0.6) is 0 Å². The standard InChI is InChI=1S/C17H11Cl3N2OS/c1-9-15(11-7-6-10(18)8-14(11)20)21-17(24-9)22-16(23)12-4-2-3-5-13(12)19/h2-8H,1H3,(H,21,22,23). The molecule has 1 aromatic heterocycles. The molecule has 0 aliphatic rings. The Kier molecular flexibility index (Phi) is 5.11. The van der Waals surface area contributed by atoms with E-state index >= 15 is 0 Å². The minimum absolute atomic E-state index is 0.303. The maximum atomic E-state index is 12.3. The minimum atomic E-state index is -0.303. The number of benzene rings is 2. The topological polar surface area (TPSA) is 42.0 Å². The largest absolute Gasteiger partial charge is 0.298 e. The second-order valence-corrected chi connectivity index (χ2v) is 7.44. The summed E-state index contributed by atoms with van der Waals surface area (Å²) in [7, 11) is 0. The Morgan fingerprint density at radius 3 is 2.54 bits per heavy atom. The third-order valence-electron chi connectivity index (χ3n) is 3.32. The van der Waals surface area contributed by atoms with Crippen LogP contribution in [-0.2, 0) is 0 Å². The normalized spacial score (nSPS) is 10.7. The zero-order chi connectivity index (χ0) is 17.3. The van der Waals surface area contributed by atoms with Crippen LogP contribution in [0.25, 0.3) is 11.3 Å². The number of carbonyl (C=O) groups excluding carboxylic acids is 1. The van der Waals surface area contributed by atoms with E-state index in [1.807, 2.05) is 13.0 Å². The second kappa shape index (κ2) is 7.11. The summed E-state index contributed by atoms with van der Waals surface area (Å²) >= 11 is 19.6. The zero-order valence-electron chi connectivity index (χ0n) is 12.4. The van der Waals surface area contributed by atoms with Crippen molar-refractivity contribution < 1.29 is 4.79 Å². The average Bonchev–Trinajstić information content (AvgIpc) is 2.88. The SMILES string of the molecule is Cc1sc(NC(=O)c2ccccc2Cl)nc1-c1ccc(Cl)cc1Cl. The summed E-state index contributed by atoms with van der Waals surface area (Å²) in [5.41, 5.74) is 1.89. The quantitative estimate of drug-likeness (QED) is 0.561. The molecule has 0 bridgehead atoms. The van der Waals surface area contributed by atoms with Crippen LogP contribution in [0.1, 0.15) is 15.2 Å². The molecule has 3 aromatic rings. The van der Waals surface area contributed by atoms with Crippen LogP contribution in [0.4, 0.5) is 5.13 Å². The third kappa shape index (κ3) is 3.57. The van der Waals surface area contributed by atoms with Gasteiger partial charge in [0, 0.05) is 15.5 Å². The molecule has 2 aromatic carbocycles. The van der Waals surface area contributed by atoms with Crippen LogP contribution < -0.4 is 5.32 Å². The molecule has 0 atom stereocenters. The molecule has 3 rings (SSSR count). The maximum absolute atomic E-state index is 12.3. The molecule has 0 unspecified atom stereocenters. The predicted molar refractivity (Wildman–Crippen MR) is 102 cm³/mol. The molecule has 0 radical (unpaired) electrons. The van der Waals surface area contributed by atoms with Gasteiger partial charge in [-0.05, 0) is 37.3 Å². The van der Waals surface area contributed by atoms with Gasteiger partial charge in [0.25, 0.3) is 5.91 Å². The van der Waals surface area contributed by atoms with Crippen molar-refractivity contribution in [3.05, 3.63) is 68.0 Å². The number of thiazole rings is 1. The van der Waals surface area contributed by atoms with E-state index in [9.17, 15) is 4.79 Å². The third-order valence-corrected chi connectivity index (χ3v) is 5.09. The first kappa shape index (κ1) is 17.2. The van der Waals surface area contributed by atoms with Crippen molar-refractivity contribution in [3.8, 4) is 11.3 Å². The van der Waals surface area contributed by atoms with Crippen molar-refractivity contribution in [1.82, 2.24) is 4.98 Å². The fraction of sp³-hybridized carbons (Fsp3) is 0.0588. The first-order chi connectivity index (χ1) is 11.5. The Hall–Kier alpha value is -1.59. The van der Waals surface area contributed by atoms with Crippen LogP contribution in [0.15, 0.2) is 42.5 Å². The van der Waals surface area contributed by atoms with Crippen LogP contribution in [-0.4, -0.2) is 10.9 Å². The van der Waals surface area contributed by atoms with Crippen molar-refractivity contribution in [1.29, 1.82) is 0 Å². The number of nitrogens with zero attached hydrogens (tertiary/aromatic N) is 1. The maximum Gasteiger partial charge on any atom is 0.258 e. The second-order valence-electron chi connectivity index (χ2n) is 4.98. The van der Waals surface area contributed by atoms with Crippen molar-refractivity contribution >= 4 is 57.2 Å². The fourth-order valence-corrected chi connectivity index (χ4v) is 3.73. The monoisotopic (exact) mass is 396 g/mol. The molecule has 1 heterocycles. The Morgan fingerprint density at radius 2 is 1.83 bits per heavy atom. The lowest BCUT2D eigenvalue weighted by molar-refractivity contribution is 0.102. The molecule has 1 amide bonds. The van der Waals surface area contributed by atoms with Gasteiger partial charge in [-0.3, -0.25) is 10.1 Å². The van der Waals surface area contributed by atoms with E-state index in [1.54, 1.807) is 36.4 Å². The predicted octanol–water partition coefficient (Wildman–Crippen LogP) is 6.33. The first-order valence-electron chi connectivity index (χ1n) is 6.94. The van der Waals surface area contributed by atoms with Crippen LogP contribution in [0.2, 0.25) is 15.1 Å². The van der Waals surface area contributed by atoms with E-state index in [1.165, 1.54) is 11.3 Å². The highest BCUT2D eigenvalue weighted by Gasteiger charge is 2.16. The molecule has 0 saturated carbocycles. The smallest absolute Gasteiger partial charge is 0.258 e. The zero-order valence-corrected chi connectivity index (χ0v) is 15.5. The Balaban J connectivity index is 1.89. The van der Waals surface area contributed by atoms with Crippen molar-refractivity contribution in [3.63, 3.8) is 0 Å². The van der Waals surface area contributed by atoms with Crippen molar-refractivity contribution in [2.45, 2.75) is 6.92 Å². The van der Waals surface area contributed by atoms with E-state index in [4.69, 9.17) is 34.8 Å². The first-order valence-corrected chi connectivity index (χ1v) is 8.89. The highest BCUT2D eigenvalue weighted by Crippen LogP contribution is 2.36. The van der Waals surface area contributed by atoms with E-state index < -0.39 is 0 Å². The summed E-state index contributed by atoms with van der Waals surface area (Å²) in [6, 6.07) is 12.1. The number of rotatable bonds is 3. The van der Waals surface area contributed by atoms with Gasteiger partial charge in [-0.2, -0.15) is 0 Å². The minimum Gasteiger partial charge on any atom is -0.298 e. The number of hydrogen-bond acceptors (Lipinski definition) is 3. The van der Waals surface area contributed by atoms with Gasteiger partial charge in [0.15, 0.2) is 5.13 Å². The number of anilines is 1. The van der Waals surface area contributed by atoms with Gasteiger partial charge >= 0.3 is 0 Å². The molecule has 0 fully saturated rings. The van der Waals surface area contributed by atoms with Gasteiger partial charge in [-0.1, -0.05) is 46.9 Å². The van der Waals surface area contributed by atoms with Gasteiger partial charge in [0.1, 0.15) is 0 Å². The van der Waals surface area contributed by atoms with Gasteiger partial charge in [0.2, 0.25) is 0 Å². The van der Waals surface area contributed by atoms with E-state index in [0.29, 0.717) is 25.8 Å². The summed E-state index contributed by atoms with van der Waals surface area (Å²) in [5.74, 6) is -0.303. The number of hydrogen-bond donors (Lipinski definition) is 1. The number of aryl methyl sites for hydroxylation is 1. The van der Waals surface area contributed by atoms with E-state index in [0.717, 1.165) is 16.1 Å².